The molecule has 8 heteroatoms. The van der Waals surface area contributed by atoms with Gasteiger partial charge < -0.3 is 39.4 Å². The molecule has 0 spiro atoms. The molecule has 0 aliphatic heterocycles. The first kappa shape index (κ1) is 54.8. The summed E-state index contributed by atoms with van der Waals surface area (Å²) in [5.74, 6) is 2.67. The molecule has 1 atom stereocenters. The molecule has 0 fully saturated rings. The number of hydrogen-bond donors (Lipinski definition) is 4. The minimum Gasteiger partial charge on any atom is -0.493 e. The molecule has 1 unspecified atom stereocenters. The third kappa shape index (κ3) is 18.7. The third-order valence-corrected chi connectivity index (χ3v) is 12.8. The molecule has 4 aromatic carbocycles. The second kappa shape index (κ2) is 32.8. The van der Waals surface area contributed by atoms with Gasteiger partial charge in [-0.05, 0) is 118 Å². The molecule has 8 nitrogen and oxygen atoms in total. The van der Waals surface area contributed by atoms with Crippen LogP contribution in [-0.2, 0) is 19.8 Å². The van der Waals surface area contributed by atoms with Crippen LogP contribution in [0.2, 0.25) is 0 Å². The Morgan fingerprint density at radius 1 is 0.394 bits per heavy atom. The van der Waals surface area contributed by atoms with E-state index in [1.165, 1.54) is 103 Å². The first-order valence-electron chi connectivity index (χ1n) is 26.3. The van der Waals surface area contributed by atoms with Crippen molar-refractivity contribution >= 4 is 10.8 Å². The van der Waals surface area contributed by atoms with Gasteiger partial charge in [0.15, 0.2) is 0 Å². The van der Waals surface area contributed by atoms with Crippen LogP contribution in [0.5, 0.6) is 23.0 Å². The van der Waals surface area contributed by atoms with E-state index in [1.807, 2.05) is 54.6 Å². The fourth-order valence-corrected chi connectivity index (χ4v) is 8.93. The van der Waals surface area contributed by atoms with Gasteiger partial charge in [-0.15, -0.1) is 0 Å². The molecule has 0 saturated carbocycles. The average Bonchev–Trinajstić information content (AvgIpc) is 3.33. The number of benzene rings is 4. The molecule has 0 saturated heterocycles. The Hall–Kier alpha value is -3.82. The number of fused-ring (bicyclic) bond motifs is 1. The SMILES string of the molecule is CCCCCCCCOc1cc(OCCCCCCCC)cc(-c2c(CO)c(CO)cc3cc(C(O)c4cc(OCCCCCCCC)cc(OCCCCCCCC)c4)c(CO)cc23)c1. The molecule has 4 N–H and O–H groups in total. The summed E-state index contributed by atoms with van der Waals surface area (Å²) in [6.45, 7) is 10.3. The summed E-state index contributed by atoms with van der Waals surface area (Å²) in [4.78, 5) is 0. The van der Waals surface area contributed by atoms with Gasteiger partial charge in [-0.3, -0.25) is 0 Å². The van der Waals surface area contributed by atoms with Crippen LogP contribution in [0.4, 0.5) is 0 Å². The summed E-state index contributed by atoms with van der Waals surface area (Å²) in [6.07, 6.45) is 26.8. The molecule has 0 aliphatic rings. The molecule has 368 valence electrons. The Labute approximate surface area is 399 Å². The van der Waals surface area contributed by atoms with E-state index in [0.29, 0.717) is 77.2 Å². The Morgan fingerprint density at radius 2 is 0.773 bits per heavy atom. The number of rotatable bonds is 38. The van der Waals surface area contributed by atoms with Gasteiger partial charge in [0.2, 0.25) is 0 Å². The predicted molar refractivity (Wildman–Crippen MR) is 273 cm³/mol. The van der Waals surface area contributed by atoms with Crippen molar-refractivity contribution in [2.45, 2.75) is 208 Å². The molecular formula is C58H88O8. The molecule has 0 amide bonds. The lowest BCUT2D eigenvalue weighted by atomic mass is 9.86. The second-order valence-electron chi connectivity index (χ2n) is 18.4. The molecule has 0 aliphatic carbocycles. The van der Waals surface area contributed by atoms with Crippen LogP contribution in [0.15, 0.2) is 54.6 Å². The second-order valence-corrected chi connectivity index (χ2v) is 18.4. The van der Waals surface area contributed by atoms with Crippen LogP contribution in [0.3, 0.4) is 0 Å². The van der Waals surface area contributed by atoms with Crippen LogP contribution in [-0.4, -0.2) is 46.9 Å². The molecule has 0 bridgehead atoms. The van der Waals surface area contributed by atoms with E-state index in [0.717, 1.165) is 73.3 Å². The summed E-state index contributed by atoms with van der Waals surface area (Å²) in [6, 6.07) is 17.3. The Bertz CT molecular complexity index is 1850. The van der Waals surface area contributed by atoms with Crippen molar-refractivity contribution in [2.24, 2.45) is 0 Å². The van der Waals surface area contributed by atoms with Crippen molar-refractivity contribution in [3.63, 3.8) is 0 Å². The fourth-order valence-electron chi connectivity index (χ4n) is 8.93. The first-order chi connectivity index (χ1) is 32.4. The highest BCUT2D eigenvalue weighted by atomic mass is 16.5. The third-order valence-electron chi connectivity index (χ3n) is 12.8. The number of ether oxygens (including phenoxy) is 4. The van der Waals surface area contributed by atoms with Crippen LogP contribution in [0.1, 0.15) is 216 Å². The Balaban J connectivity index is 1.71. The van der Waals surface area contributed by atoms with Gasteiger partial charge in [0.25, 0.3) is 0 Å². The highest BCUT2D eigenvalue weighted by Crippen LogP contribution is 2.42. The molecule has 66 heavy (non-hydrogen) atoms. The molecule has 0 aromatic heterocycles. The van der Waals surface area contributed by atoms with Crippen molar-refractivity contribution < 1.29 is 39.4 Å². The summed E-state index contributed by atoms with van der Waals surface area (Å²) in [5.41, 5.74) is 4.42. The van der Waals surface area contributed by atoms with Gasteiger partial charge in [-0.2, -0.15) is 0 Å². The summed E-state index contributed by atoms with van der Waals surface area (Å²) in [5, 5.41) is 46.5. The lowest BCUT2D eigenvalue weighted by molar-refractivity contribution is 0.211. The topological polar surface area (TPSA) is 118 Å². The predicted octanol–water partition coefficient (Wildman–Crippen LogP) is 15.0. The van der Waals surface area contributed by atoms with Gasteiger partial charge in [0.05, 0.1) is 46.2 Å². The molecule has 4 rings (SSSR count). The van der Waals surface area contributed by atoms with E-state index < -0.39 is 6.10 Å². The maximum Gasteiger partial charge on any atom is 0.123 e. The lowest BCUT2D eigenvalue weighted by Gasteiger charge is -2.22. The van der Waals surface area contributed by atoms with E-state index in [9.17, 15) is 20.4 Å². The summed E-state index contributed by atoms with van der Waals surface area (Å²) in [7, 11) is 0. The van der Waals surface area contributed by atoms with Gasteiger partial charge in [-0.1, -0.05) is 156 Å². The Kier molecular flexibility index (Phi) is 27.2. The maximum atomic E-state index is 12.3. The minimum atomic E-state index is -1.11. The van der Waals surface area contributed by atoms with Gasteiger partial charge in [0.1, 0.15) is 29.1 Å². The minimum absolute atomic E-state index is 0.286. The Morgan fingerprint density at radius 3 is 1.15 bits per heavy atom. The normalized spacial score (nSPS) is 11.9. The smallest absolute Gasteiger partial charge is 0.123 e. The number of aliphatic hydroxyl groups excluding tert-OH is 4. The maximum absolute atomic E-state index is 12.3. The number of hydrogen-bond acceptors (Lipinski definition) is 8. The fraction of sp³-hybridized carbons (Fsp3) is 0.621. The van der Waals surface area contributed by atoms with Crippen LogP contribution in [0, 0.1) is 0 Å². The molecule has 4 aromatic rings. The number of aliphatic hydroxyl groups is 4. The van der Waals surface area contributed by atoms with Crippen molar-refractivity contribution in [2.75, 3.05) is 26.4 Å². The standard InChI is InChI=1S/C58H88O8/c1-5-9-13-17-21-25-29-63-50-34-46(35-51(40-50)64-30-26-22-18-14-10-6-2)57-54-39-49(43-60)55(38-45(54)33-48(42-59)56(57)44-61)58(62)47-36-52(65-31-27-23-19-15-11-7-3)41-53(37-47)66-32-28-24-20-16-12-8-4/h33-41,58-62H,5-32,42-44H2,1-4H3. The average molecular weight is 913 g/mol. The highest BCUT2D eigenvalue weighted by molar-refractivity contribution is 6.00. The zero-order chi connectivity index (χ0) is 47.2. The van der Waals surface area contributed by atoms with Gasteiger partial charge >= 0.3 is 0 Å². The van der Waals surface area contributed by atoms with E-state index in [-0.39, 0.29) is 19.8 Å². The zero-order valence-electron chi connectivity index (χ0n) is 41.6. The molecule has 0 heterocycles. The molecular weight excluding hydrogens is 825 g/mol. The summed E-state index contributed by atoms with van der Waals surface area (Å²) >= 11 is 0. The monoisotopic (exact) mass is 913 g/mol. The van der Waals surface area contributed by atoms with Crippen LogP contribution in [0.25, 0.3) is 21.9 Å². The van der Waals surface area contributed by atoms with E-state index >= 15 is 0 Å². The van der Waals surface area contributed by atoms with Crippen molar-refractivity contribution in [3.05, 3.63) is 82.4 Å². The van der Waals surface area contributed by atoms with Crippen molar-refractivity contribution in [3.8, 4) is 34.1 Å². The van der Waals surface area contributed by atoms with Crippen LogP contribution >= 0.6 is 0 Å². The largest absolute Gasteiger partial charge is 0.493 e. The van der Waals surface area contributed by atoms with Crippen LogP contribution < -0.4 is 18.9 Å². The van der Waals surface area contributed by atoms with Crippen molar-refractivity contribution in [1.29, 1.82) is 0 Å². The summed E-state index contributed by atoms with van der Waals surface area (Å²) < 4.78 is 25.4. The van der Waals surface area contributed by atoms with Gasteiger partial charge in [0, 0.05) is 12.1 Å². The van der Waals surface area contributed by atoms with E-state index in [2.05, 4.69) is 27.7 Å². The quantitative estimate of drug-likeness (QED) is 0.0329. The zero-order valence-corrected chi connectivity index (χ0v) is 41.6. The van der Waals surface area contributed by atoms with Gasteiger partial charge in [-0.25, -0.2) is 0 Å². The highest BCUT2D eigenvalue weighted by Gasteiger charge is 2.22. The lowest BCUT2D eigenvalue weighted by Crippen LogP contribution is -2.08. The van der Waals surface area contributed by atoms with E-state index in [4.69, 9.17) is 18.9 Å². The van der Waals surface area contributed by atoms with E-state index in [1.54, 1.807) is 0 Å². The van der Waals surface area contributed by atoms with Crippen molar-refractivity contribution in [1.82, 2.24) is 0 Å². The molecule has 0 radical (unpaired) electrons. The first-order valence-corrected chi connectivity index (χ1v) is 26.3. The number of unbranched alkanes of at least 4 members (excludes halogenated alkanes) is 20.